The SMILES string of the molecule is CC=[SiH][O+]=[Si](C)C. The second-order valence-electron chi connectivity index (χ2n) is 1.50. The molecular weight excluding hydrogens is 120 g/mol. The van der Waals surface area contributed by atoms with E-state index >= 15 is 0 Å². The molecule has 0 aliphatic carbocycles. The first-order valence-electron chi connectivity index (χ1n) is 2.35. The molecule has 0 amide bonds. The van der Waals surface area contributed by atoms with Crippen molar-refractivity contribution in [1.29, 1.82) is 0 Å². The van der Waals surface area contributed by atoms with Gasteiger partial charge in [0.25, 0.3) is 0 Å². The summed E-state index contributed by atoms with van der Waals surface area (Å²) in [4.78, 5) is 0. The van der Waals surface area contributed by atoms with Gasteiger partial charge in [-0.25, -0.2) is 0 Å². The summed E-state index contributed by atoms with van der Waals surface area (Å²) in [6.45, 7) is 6.35. The monoisotopic (exact) mass is 131 g/mol. The summed E-state index contributed by atoms with van der Waals surface area (Å²) in [6, 6.07) is 0. The van der Waals surface area contributed by atoms with Crippen molar-refractivity contribution in [3.05, 3.63) is 0 Å². The first kappa shape index (κ1) is 7.10. The van der Waals surface area contributed by atoms with Gasteiger partial charge in [-0.3, -0.25) is 0 Å². The maximum absolute atomic E-state index is 5.32. The lowest BCUT2D eigenvalue weighted by molar-refractivity contribution is 0.385. The molecule has 0 N–H and O–H groups in total. The van der Waals surface area contributed by atoms with Gasteiger partial charge in [0.05, 0.1) is 0 Å². The van der Waals surface area contributed by atoms with Crippen molar-refractivity contribution in [3.63, 3.8) is 0 Å². The van der Waals surface area contributed by atoms with Gasteiger partial charge in [-0.15, -0.1) is 0 Å². The van der Waals surface area contributed by atoms with Crippen molar-refractivity contribution in [3.8, 4) is 0 Å². The fourth-order valence-electron chi connectivity index (χ4n) is 0.204. The van der Waals surface area contributed by atoms with Crippen LogP contribution in [-0.4, -0.2) is 23.7 Å². The Morgan fingerprint density at radius 2 is 2.14 bits per heavy atom. The molecule has 0 radical (unpaired) electrons. The molecule has 7 heavy (non-hydrogen) atoms. The van der Waals surface area contributed by atoms with Crippen LogP contribution in [0.1, 0.15) is 6.92 Å². The van der Waals surface area contributed by atoms with Crippen LogP contribution in [0.3, 0.4) is 0 Å². The van der Waals surface area contributed by atoms with E-state index < -0.39 is 8.68 Å². The van der Waals surface area contributed by atoms with Crippen LogP contribution in [0, 0.1) is 0 Å². The molecule has 0 heterocycles. The maximum Gasteiger partial charge on any atom is 0.504 e. The highest BCUT2D eigenvalue weighted by atomic mass is 28.3. The van der Waals surface area contributed by atoms with Crippen LogP contribution in [0.2, 0.25) is 13.1 Å². The van der Waals surface area contributed by atoms with Crippen LogP contribution in [0.15, 0.2) is 0 Å². The van der Waals surface area contributed by atoms with E-state index in [4.69, 9.17) is 3.78 Å². The third kappa shape index (κ3) is 6.10. The van der Waals surface area contributed by atoms with E-state index in [0.29, 0.717) is 0 Å². The fraction of sp³-hybridized carbons (Fsp3) is 0.750. The molecule has 3 heteroatoms. The Morgan fingerprint density at radius 3 is 2.29 bits per heavy atom. The van der Waals surface area contributed by atoms with Crippen LogP contribution >= 0.6 is 0 Å². The molecule has 40 valence electrons. The van der Waals surface area contributed by atoms with Crippen LogP contribution < -0.4 is 0 Å². The topological polar surface area (TPSA) is 11.3 Å². The normalized spacial score (nSPS) is 9.57. The van der Waals surface area contributed by atoms with Gasteiger partial charge >= 0.3 is 18.1 Å². The minimum absolute atomic E-state index is 0.205. The maximum atomic E-state index is 5.32. The van der Waals surface area contributed by atoms with Crippen molar-refractivity contribution < 1.29 is 3.78 Å². The molecule has 0 aromatic carbocycles. The van der Waals surface area contributed by atoms with Gasteiger partial charge in [0.15, 0.2) is 0 Å². The van der Waals surface area contributed by atoms with Crippen molar-refractivity contribution in [2.24, 2.45) is 0 Å². The third-order valence-corrected chi connectivity index (χ3v) is 3.14. The van der Waals surface area contributed by atoms with Crippen LogP contribution in [-0.2, 0) is 3.78 Å². The van der Waals surface area contributed by atoms with E-state index in [1.807, 2.05) is 6.92 Å². The zero-order valence-electron chi connectivity index (χ0n) is 5.06. The number of hydrogen-bond donors (Lipinski definition) is 0. The molecule has 0 aromatic rings. The molecule has 0 rings (SSSR count). The highest BCUT2D eigenvalue weighted by Crippen LogP contribution is 1.58. The molecule has 0 aliphatic heterocycles. The van der Waals surface area contributed by atoms with E-state index in [1.54, 1.807) is 0 Å². The Balaban J connectivity index is 3.46. The van der Waals surface area contributed by atoms with E-state index in [1.165, 1.54) is 0 Å². The zero-order valence-corrected chi connectivity index (χ0v) is 7.22. The van der Waals surface area contributed by atoms with Crippen molar-refractivity contribution in [2.75, 3.05) is 0 Å². The molecular formula is C4H11OSi2+. The molecule has 0 aliphatic rings. The van der Waals surface area contributed by atoms with E-state index in [-0.39, 0.29) is 9.38 Å². The molecule has 0 unspecified atom stereocenters. The zero-order chi connectivity index (χ0) is 5.70. The minimum Gasteiger partial charge on any atom is -0.469 e. The molecule has 0 atom stereocenters. The van der Waals surface area contributed by atoms with Crippen LogP contribution in [0.25, 0.3) is 0 Å². The van der Waals surface area contributed by atoms with Gasteiger partial charge in [0.2, 0.25) is 0 Å². The Kier molecular flexibility index (Phi) is 4.33. The van der Waals surface area contributed by atoms with Gasteiger partial charge in [-0.2, -0.15) is 0 Å². The largest absolute Gasteiger partial charge is 0.504 e. The van der Waals surface area contributed by atoms with E-state index in [9.17, 15) is 0 Å². The van der Waals surface area contributed by atoms with Gasteiger partial charge in [-0.1, -0.05) is 0 Å². The first-order chi connectivity index (χ1) is 3.27. The Bertz CT molecular complexity index is 91.9. The summed E-state index contributed by atoms with van der Waals surface area (Å²) in [5.74, 6) is 0. The lowest BCUT2D eigenvalue weighted by Gasteiger charge is -1.63. The average molecular weight is 131 g/mol. The molecule has 0 aromatic heterocycles. The Hall–Kier alpha value is 0.104. The van der Waals surface area contributed by atoms with Crippen molar-refractivity contribution in [1.82, 2.24) is 0 Å². The third-order valence-electron chi connectivity index (χ3n) is 0.440. The highest BCUT2D eigenvalue weighted by Gasteiger charge is 1.91. The van der Waals surface area contributed by atoms with Crippen LogP contribution in [0.5, 0.6) is 0 Å². The summed E-state index contributed by atoms with van der Waals surface area (Å²) >= 11 is 0. The molecule has 0 fully saturated rings. The van der Waals surface area contributed by atoms with Gasteiger partial charge in [-0.05, 0) is 12.6 Å². The molecule has 0 spiro atoms. The lowest BCUT2D eigenvalue weighted by Crippen LogP contribution is -1.90. The number of hydrogen-bond acceptors (Lipinski definition) is 0. The second-order valence-corrected chi connectivity index (χ2v) is 5.19. The summed E-state index contributed by atoms with van der Waals surface area (Å²) in [5, 5.41) is 0. The van der Waals surface area contributed by atoms with Gasteiger partial charge < -0.3 is 3.78 Å². The van der Waals surface area contributed by atoms with Gasteiger partial charge in [0, 0.05) is 13.1 Å². The highest BCUT2D eigenvalue weighted by molar-refractivity contribution is 6.48. The summed E-state index contributed by atoms with van der Waals surface area (Å²) < 4.78 is 5.32. The van der Waals surface area contributed by atoms with Crippen LogP contribution in [0.4, 0.5) is 0 Å². The first-order valence-corrected chi connectivity index (χ1v) is 5.90. The summed E-state index contributed by atoms with van der Waals surface area (Å²) in [5.41, 5.74) is 2.11. The molecule has 0 saturated carbocycles. The Morgan fingerprint density at radius 1 is 1.57 bits per heavy atom. The predicted octanol–water partition coefficient (Wildman–Crippen LogP) is 0.377. The van der Waals surface area contributed by atoms with Crippen molar-refractivity contribution in [2.45, 2.75) is 20.0 Å². The molecule has 0 bridgehead atoms. The summed E-state index contributed by atoms with van der Waals surface area (Å²) in [6.07, 6.45) is 0. The smallest absolute Gasteiger partial charge is 0.469 e. The molecule has 1 nitrogen and oxygen atoms in total. The van der Waals surface area contributed by atoms with E-state index in [0.717, 1.165) is 0 Å². The fourth-order valence-corrected chi connectivity index (χ4v) is 1.84. The number of rotatable bonds is 1. The Labute approximate surface area is 48.3 Å². The standard InChI is InChI=1S/C4H11OSi2/c1-4-6-5-7(2)3/h4,6H,1-3H3/q+1. The quantitative estimate of drug-likeness (QED) is 0.360. The van der Waals surface area contributed by atoms with E-state index in [2.05, 4.69) is 18.8 Å². The minimum atomic E-state index is -0.391. The average Bonchev–Trinajstić information content (AvgIpc) is 1.61. The second kappa shape index (κ2) is 4.27. The van der Waals surface area contributed by atoms with Gasteiger partial charge in [0.1, 0.15) is 0 Å². The summed E-state index contributed by atoms with van der Waals surface area (Å²) in [7, 11) is -0.186. The van der Waals surface area contributed by atoms with Crippen molar-refractivity contribution >= 4 is 23.7 Å². The molecule has 0 saturated heterocycles. The predicted molar refractivity (Wildman–Crippen MR) is 37.1 cm³/mol. The lowest BCUT2D eigenvalue weighted by atomic mass is 11.0.